The fourth-order valence-corrected chi connectivity index (χ4v) is 5.43. The number of esters is 1. The van der Waals surface area contributed by atoms with Gasteiger partial charge >= 0.3 is 12.1 Å². The van der Waals surface area contributed by atoms with E-state index in [0.29, 0.717) is 18.4 Å². The predicted octanol–water partition coefficient (Wildman–Crippen LogP) is 7.20. The van der Waals surface area contributed by atoms with E-state index in [0.717, 1.165) is 63.4 Å². The number of alkyl carbamates (subject to hydrolysis) is 1. The number of amides is 1. The Kier molecular flexibility index (Phi) is 9.38. The molecule has 3 rings (SSSR count). The number of hydrogen-bond donors (Lipinski definition) is 1. The van der Waals surface area contributed by atoms with E-state index in [9.17, 15) is 9.59 Å². The lowest BCUT2D eigenvalue weighted by Crippen LogP contribution is -2.49. The fourth-order valence-electron chi connectivity index (χ4n) is 5.43. The molecule has 6 heteroatoms. The smallest absolute Gasteiger partial charge is 0.407 e. The van der Waals surface area contributed by atoms with Crippen LogP contribution < -0.4 is 10.1 Å². The molecule has 0 aliphatic heterocycles. The average Bonchev–Trinajstić information content (AvgIpc) is 2.73. The summed E-state index contributed by atoms with van der Waals surface area (Å²) in [6.07, 6.45) is 10.8. The van der Waals surface area contributed by atoms with Crippen molar-refractivity contribution in [3.05, 3.63) is 29.1 Å². The SMILES string of the molecule is CCCCCCCC(=O)Oc1cc(F)c2c(c1)C1CCCCCC(C2)C1NC(=O)OC(C)(C)C. The highest BCUT2D eigenvalue weighted by atomic mass is 19.1. The van der Waals surface area contributed by atoms with Gasteiger partial charge < -0.3 is 14.8 Å². The van der Waals surface area contributed by atoms with Gasteiger partial charge in [0.25, 0.3) is 0 Å². The summed E-state index contributed by atoms with van der Waals surface area (Å²) in [5.41, 5.74) is 0.992. The van der Waals surface area contributed by atoms with Crippen LogP contribution in [0.1, 0.15) is 115 Å². The molecule has 0 aromatic heterocycles. The number of ether oxygens (including phenoxy) is 2. The Labute approximate surface area is 204 Å². The highest BCUT2D eigenvalue weighted by molar-refractivity contribution is 5.72. The molecule has 5 nitrogen and oxygen atoms in total. The number of rotatable bonds is 8. The van der Waals surface area contributed by atoms with E-state index in [2.05, 4.69) is 12.2 Å². The van der Waals surface area contributed by atoms with Crippen molar-refractivity contribution in [3.63, 3.8) is 0 Å². The molecule has 0 spiro atoms. The summed E-state index contributed by atoms with van der Waals surface area (Å²) in [6, 6.07) is 3.07. The van der Waals surface area contributed by atoms with Crippen molar-refractivity contribution in [2.45, 2.75) is 122 Å². The van der Waals surface area contributed by atoms with Crippen LogP contribution in [0.5, 0.6) is 5.75 Å². The van der Waals surface area contributed by atoms with Crippen LogP contribution in [0.2, 0.25) is 0 Å². The van der Waals surface area contributed by atoms with Crippen LogP contribution in [-0.4, -0.2) is 23.7 Å². The second kappa shape index (κ2) is 12.0. The van der Waals surface area contributed by atoms with Crippen molar-refractivity contribution in [3.8, 4) is 5.75 Å². The summed E-state index contributed by atoms with van der Waals surface area (Å²) in [5, 5.41) is 3.12. The number of nitrogens with one attached hydrogen (secondary N) is 1. The van der Waals surface area contributed by atoms with Gasteiger partial charge in [-0.15, -0.1) is 0 Å². The Balaban J connectivity index is 1.77. The zero-order valence-electron chi connectivity index (χ0n) is 21.4. The van der Waals surface area contributed by atoms with Crippen molar-refractivity contribution < 1.29 is 23.5 Å². The Morgan fingerprint density at radius 2 is 1.79 bits per heavy atom. The normalized spacial score (nSPS) is 22.2. The number of unbranched alkanes of at least 4 members (excludes halogenated alkanes) is 4. The third-order valence-corrected chi connectivity index (χ3v) is 7.00. The molecule has 1 aromatic rings. The minimum atomic E-state index is -0.581. The number of fused-ring (bicyclic) bond motifs is 4. The van der Waals surface area contributed by atoms with E-state index in [1.807, 2.05) is 26.8 Å². The molecule has 2 bridgehead atoms. The molecule has 0 saturated heterocycles. The minimum Gasteiger partial charge on any atom is -0.444 e. The van der Waals surface area contributed by atoms with Crippen molar-refractivity contribution >= 4 is 12.1 Å². The first-order valence-electron chi connectivity index (χ1n) is 13.2. The van der Waals surface area contributed by atoms with Crippen LogP contribution in [0, 0.1) is 11.7 Å². The Morgan fingerprint density at radius 3 is 2.53 bits per heavy atom. The molecule has 3 unspecified atom stereocenters. The molecule has 34 heavy (non-hydrogen) atoms. The summed E-state index contributed by atoms with van der Waals surface area (Å²) in [6.45, 7) is 7.70. The Hall–Kier alpha value is -2.11. The largest absolute Gasteiger partial charge is 0.444 e. The second-order valence-corrected chi connectivity index (χ2v) is 11.0. The minimum absolute atomic E-state index is 0.0243. The summed E-state index contributed by atoms with van der Waals surface area (Å²) >= 11 is 0. The van der Waals surface area contributed by atoms with Gasteiger partial charge in [0.2, 0.25) is 0 Å². The quantitative estimate of drug-likeness (QED) is 0.245. The Bertz CT molecular complexity index is 848. The van der Waals surface area contributed by atoms with Gasteiger partial charge in [0.15, 0.2) is 0 Å². The summed E-state index contributed by atoms with van der Waals surface area (Å²) < 4.78 is 26.3. The third kappa shape index (κ3) is 7.44. The van der Waals surface area contributed by atoms with Gasteiger partial charge in [-0.1, -0.05) is 51.9 Å². The fraction of sp³-hybridized carbons (Fsp3) is 0.714. The van der Waals surface area contributed by atoms with E-state index < -0.39 is 11.7 Å². The zero-order chi connectivity index (χ0) is 24.7. The molecule has 0 heterocycles. The lowest BCUT2D eigenvalue weighted by atomic mass is 9.68. The summed E-state index contributed by atoms with van der Waals surface area (Å²) in [4.78, 5) is 25.0. The average molecular weight is 476 g/mol. The first-order valence-corrected chi connectivity index (χ1v) is 13.2. The number of carbonyl (C=O) groups excluding carboxylic acids is 2. The topological polar surface area (TPSA) is 64.6 Å². The molecule has 190 valence electrons. The van der Waals surface area contributed by atoms with Crippen molar-refractivity contribution in [1.82, 2.24) is 5.32 Å². The molecule has 2 aliphatic carbocycles. The van der Waals surface area contributed by atoms with Crippen LogP contribution in [-0.2, 0) is 16.0 Å². The molecule has 1 N–H and O–H groups in total. The van der Waals surface area contributed by atoms with Gasteiger partial charge in [-0.25, -0.2) is 9.18 Å². The van der Waals surface area contributed by atoms with E-state index >= 15 is 4.39 Å². The van der Waals surface area contributed by atoms with Crippen LogP contribution in [0.15, 0.2) is 12.1 Å². The molecule has 1 amide bonds. The molecular weight excluding hydrogens is 433 g/mol. The molecule has 1 aromatic carbocycles. The molecular formula is C28H42FNO4. The lowest BCUT2D eigenvalue weighted by Gasteiger charge is -2.42. The maximum absolute atomic E-state index is 15.2. The number of carbonyl (C=O) groups is 2. The molecule has 1 saturated carbocycles. The first kappa shape index (κ1) is 26.5. The number of benzene rings is 1. The molecule has 1 fully saturated rings. The first-order chi connectivity index (χ1) is 16.2. The number of hydrogen-bond acceptors (Lipinski definition) is 4. The lowest BCUT2D eigenvalue weighted by molar-refractivity contribution is -0.134. The van der Waals surface area contributed by atoms with E-state index in [-0.39, 0.29) is 35.4 Å². The van der Waals surface area contributed by atoms with Gasteiger partial charge in [0.1, 0.15) is 17.2 Å². The van der Waals surface area contributed by atoms with Gasteiger partial charge in [-0.3, -0.25) is 4.79 Å². The van der Waals surface area contributed by atoms with Crippen molar-refractivity contribution in [2.75, 3.05) is 0 Å². The second-order valence-electron chi connectivity index (χ2n) is 11.0. The van der Waals surface area contributed by atoms with Crippen molar-refractivity contribution in [1.29, 1.82) is 0 Å². The third-order valence-electron chi connectivity index (χ3n) is 7.00. The van der Waals surface area contributed by atoms with Crippen LogP contribution in [0.4, 0.5) is 9.18 Å². The van der Waals surface area contributed by atoms with Crippen LogP contribution in [0.3, 0.4) is 0 Å². The van der Waals surface area contributed by atoms with E-state index in [4.69, 9.17) is 9.47 Å². The maximum atomic E-state index is 15.2. The van der Waals surface area contributed by atoms with E-state index in [1.54, 1.807) is 0 Å². The van der Waals surface area contributed by atoms with Gasteiger partial charge in [0.05, 0.1) is 0 Å². The van der Waals surface area contributed by atoms with Crippen LogP contribution in [0.25, 0.3) is 0 Å². The van der Waals surface area contributed by atoms with Gasteiger partial charge in [-0.05, 0) is 69.6 Å². The van der Waals surface area contributed by atoms with Gasteiger partial charge in [-0.2, -0.15) is 0 Å². The molecule has 2 aliphatic rings. The molecule has 3 atom stereocenters. The van der Waals surface area contributed by atoms with Gasteiger partial charge in [0, 0.05) is 24.4 Å². The summed E-state index contributed by atoms with van der Waals surface area (Å²) in [5.74, 6) is -0.216. The van der Waals surface area contributed by atoms with Crippen LogP contribution >= 0.6 is 0 Å². The standard InChI is InChI=1S/C28H42FNO4/c1-5-6-7-8-12-15-25(31)33-20-17-22-21-14-11-9-10-13-19(16-23(22)24(29)18-20)26(21)30-27(32)34-28(2,3)4/h17-19,21,26H,5-16H2,1-4H3,(H,30,32). The molecule has 0 radical (unpaired) electrons. The highest BCUT2D eigenvalue weighted by Gasteiger charge is 2.40. The van der Waals surface area contributed by atoms with Crippen molar-refractivity contribution in [2.24, 2.45) is 5.92 Å². The summed E-state index contributed by atoms with van der Waals surface area (Å²) in [7, 11) is 0. The number of halogens is 1. The maximum Gasteiger partial charge on any atom is 0.407 e. The highest BCUT2D eigenvalue weighted by Crippen LogP contribution is 2.44. The predicted molar refractivity (Wildman–Crippen MR) is 132 cm³/mol. The zero-order valence-corrected chi connectivity index (χ0v) is 21.4. The monoisotopic (exact) mass is 475 g/mol. The Morgan fingerprint density at radius 1 is 1.06 bits per heavy atom. The van der Waals surface area contributed by atoms with E-state index in [1.165, 1.54) is 12.5 Å².